The molecule has 0 spiro atoms. The Balaban J connectivity index is 2.42. The largest absolute Gasteiger partial charge is 0.490 e. The number of pyridine rings is 1. The number of halogens is 1. The number of aromatic nitrogens is 1. The number of carbonyl (C=O) groups is 1. The topological polar surface area (TPSA) is 39.2 Å². The summed E-state index contributed by atoms with van der Waals surface area (Å²) < 4.78 is 5.64. The minimum absolute atomic E-state index is 0.00634. The lowest BCUT2D eigenvalue weighted by atomic mass is 10.1. The number of hydrogen-bond acceptors (Lipinski definition) is 3. The van der Waals surface area contributed by atoms with Crippen LogP contribution in [0.4, 0.5) is 0 Å². The van der Waals surface area contributed by atoms with Crippen molar-refractivity contribution < 1.29 is 9.53 Å². The fourth-order valence-electron chi connectivity index (χ4n) is 1.69. The second-order valence-corrected chi connectivity index (χ2v) is 4.73. The van der Waals surface area contributed by atoms with Gasteiger partial charge < -0.3 is 4.74 Å². The van der Waals surface area contributed by atoms with Gasteiger partial charge in [0.15, 0.2) is 0 Å². The van der Waals surface area contributed by atoms with Crippen LogP contribution >= 0.6 is 11.6 Å². The lowest BCUT2D eigenvalue weighted by Gasteiger charge is -2.13. The van der Waals surface area contributed by atoms with Crippen molar-refractivity contribution in [2.24, 2.45) is 0 Å². The second kappa shape index (κ2) is 5.85. The van der Waals surface area contributed by atoms with E-state index in [2.05, 4.69) is 4.98 Å². The Hall–Kier alpha value is -1.87. The highest BCUT2D eigenvalue weighted by Crippen LogP contribution is 2.24. The molecule has 0 bridgehead atoms. The Morgan fingerprint density at radius 2 is 1.95 bits per heavy atom. The normalized spacial score (nSPS) is 10.5. The first-order valence-corrected chi connectivity index (χ1v) is 6.38. The molecule has 0 aliphatic heterocycles. The maximum atomic E-state index is 12.4. The summed E-state index contributed by atoms with van der Waals surface area (Å²) in [4.78, 5) is 16.5. The molecule has 0 aliphatic carbocycles. The summed E-state index contributed by atoms with van der Waals surface area (Å²) in [6, 6.07) is 10.4. The second-order valence-electron chi connectivity index (χ2n) is 4.33. The van der Waals surface area contributed by atoms with Gasteiger partial charge in [-0.2, -0.15) is 0 Å². The molecule has 3 nitrogen and oxygen atoms in total. The summed E-state index contributed by atoms with van der Waals surface area (Å²) >= 11 is 6.00. The Morgan fingerprint density at radius 1 is 1.21 bits per heavy atom. The van der Waals surface area contributed by atoms with Gasteiger partial charge in [0, 0.05) is 6.20 Å². The van der Waals surface area contributed by atoms with Gasteiger partial charge in [0.1, 0.15) is 11.4 Å². The van der Waals surface area contributed by atoms with E-state index in [1.807, 2.05) is 19.9 Å². The van der Waals surface area contributed by atoms with E-state index in [0.717, 1.165) is 0 Å². The number of para-hydroxylation sites is 1. The summed E-state index contributed by atoms with van der Waals surface area (Å²) in [5.41, 5.74) is 0.709. The molecule has 0 aliphatic rings. The van der Waals surface area contributed by atoms with E-state index in [0.29, 0.717) is 16.3 Å². The molecule has 2 rings (SSSR count). The SMILES string of the molecule is CC(C)Oc1ccccc1C(=O)c1ncccc1Cl. The van der Waals surface area contributed by atoms with Gasteiger partial charge in [-0.3, -0.25) is 9.78 Å². The van der Waals surface area contributed by atoms with Gasteiger partial charge in [0.05, 0.1) is 16.7 Å². The minimum Gasteiger partial charge on any atom is -0.490 e. The van der Waals surface area contributed by atoms with Crippen LogP contribution in [0.3, 0.4) is 0 Å². The molecule has 1 aromatic carbocycles. The predicted octanol–water partition coefficient (Wildman–Crippen LogP) is 3.75. The van der Waals surface area contributed by atoms with Crippen molar-refractivity contribution in [3.8, 4) is 5.75 Å². The van der Waals surface area contributed by atoms with Crippen LogP contribution in [-0.2, 0) is 0 Å². The average Bonchev–Trinajstić information content (AvgIpc) is 2.38. The first-order chi connectivity index (χ1) is 9.09. The van der Waals surface area contributed by atoms with Gasteiger partial charge in [-0.05, 0) is 38.1 Å². The maximum Gasteiger partial charge on any atom is 0.216 e. The zero-order valence-electron chi connectivity index (χ0n) is 10.8. The van der Waals surface area contributed by atoms with Crippen LogP contribution in [0.25, 0.3) is 0 Å². The molecule has 0 unspecified atom stereocenters. The third-order valence-electron chi connectivity index (χ3n) is 2.47. The van der Waals surface area contributed by atoms with Crippen molar-refractivity contribution in [1.82, 2.24) is 4.98 Å². The van der Waals surface area contributed by atoms with E-state index >= 15 is 0 Å². The highest BCUT2D eigenvalue weighted by atomic mass is 35.5. The van der Waals surface area contributed by atoms with Gasteiger partial charge >= 0.3 is 0 Å². The van der Waals surface area contributed by atoms with Crippen LogP contribution in [0.5, 0.6) is 5.75 Å². The zero-order valence-corrected chi connectivity index (χ0v) is 11.5. The van der Waals surface area contributed by atoms with E-state index in [1.54, 1.807) is 36.5 Å². The van der Waals surface area contributed by atoms with Crippen LogP contribution in [0.1, 0.15) is 29.9 Å². The first-order valence-electron chi connectivity index (χ1n) is 6.00. The standard InChI is InChI=1S/C15H14ClNO2/c1-10(2)19-13-8-4-3-6-11(13)15(18)14-12(16)7-5-9-17-14/h3-10H,1-2H3. The molecule has 0 fully saturated rings. The average molecular weight is 276 g/mol. The van der Waals surface area contributed by atoms with Crippen LogP contribution in [0.2, 0.25) is 5.02 Å². The van der Waals surface area contributed by atoms with Gasteiger partial charge in [-0.25, -0.2) is 0 Å². The molecular formula is C15H14ClNO2. The number of benzene rings is 1. The third-order valence-corrected chi connectivity index (χ3v) is 2.77. The number of carbonyl (C=O) groups excluding carboxylic acids is 1. The summed E-state index contributed by atoms with van der Waals surface area (Å²) in [5.74, 6) is 0.311. The predicted molar refractivity (Wildman–Crippen MR) is 74.9 cm³/mol. The van der Waals surface area contributed by atoms with Crippen molar-refractivity contribution in [3.63, 3.8) is 0 Å². The zero-order chi connectivity index (χ0) is 13.8. The highest BCUT2D eigenvalue weighted by Gasteiger charge is 2.18. The Labute approximate surface area is 117 Å². The van der Waals surface area contributed by atoms with E-state index < -0.39 is 0 Å². The lowest BCUT2D eigenvalue weighted by Crippen LogP contribution is -2.11. The monoisotopic (exact) mass is 275 g/mol. The van der Waals surface area contributed by atoms with E-state index in [4.69, 9.17) is 16.3 Å². The Kier molecular flexibility index (Phi) is 4.17. The molecule has 4 heteroatoms. The van der Waals surface area contributed by atoms with Crippen molar-refractivity contribution in [1.29, 1.82) is 0 Å². The summed E-state index contributed by atoms with van der Waals surface area (Å²) in [6.07, 6.45) is 1.54. The minimum atomic E-state index is -0.234. The molecule has 0 atom stereocenters. The van der Waals surface area contributed by atoms with Gasteiger partial charge in [-0.1, -0.05) is 23.7 Å². The summed E-state index contributed by atoms with van der Waals surface area (Å²) in [5, 5.41) is 0.340. The van der Waals surface area contributed by atoms with Crippen molar-refractivity contribution in [2.45, 2.75) is 20.0 Å². The fourth-order valence-corrected chi connectivity index (χ4v) is 1.90. The lowest BCUT2D eigenvalue weighted by molar-refractivity contribution is 0.102. The van der Waals surface area contributed by atoms with Crippen LogP contribution < -0.4 is 4.74 Å². The Morgan fingerprint density at radius 3 is 2.63 bits per heavy atom. The number of ketones is 1. The molecular weight excluding hydrogens is 262 g/mol. The molecule has 2 aromatic rings. The molecule has 1 aromatic heterocycles. The van der Waals surface area contributed by atoms with Gasteiger partial charge in [0.2, 0.25) is 5.78 Å². The molecule has 1 heterocycles. The van der Waals surface area contributed by atoms with Gasteiger partial charge in [0.25, 0.3) is 0 Å². The van der Waals surface area contributed by atoms with Crippen LogP contribution in [0.15, 0.2) is 42.6 Å². The summed E-state index contributed by atoms with van der Waals surface area (Å²) in [7, 11) is 0. The third kappa shape index (κ3) is 3.12. The van der Waals surface area contributed by atoms with Crippen molar-refractivity contribution >= 4 is 17.4 Å². The van der Waals surface area contributed by atoms with Crippen LogP contribution in [0, 0.1) is 0 Å². The highest BCUT2D eigenvalue weighted by molar-refractivity contribution is 6.34. The molecule has 0 saturated carbocycles. The molecule has 0 amide bonds. The summed E-state index contributed by atoms with van der Waals surface area (Å²) in [6.45, 7) is 3.82. The van der Waals surface area contributed by atoms with Crippen molar-refractivity contribution in [2.75, 3.05) is 0 Å². The van der Waals surface area contributed by atoms with E-state index in [9.17, 15) is 4.79 Å². The Bertz CT molecular complexity index is 596. The maximum absolute atomic E-state index is 12.4. The number of hydrogen-bond donors (Lipinski definition) is 0. The molecule has 0 saturated heterocycles. The molecule has 19 heavy (non-hydrogen) atoms. The molecule has 98 valence electrons. The molecule has 0 radical (unpaired) electrons. The quantitative estimate of drug-likeness (QED) is 0.798. The number of nitrogens with zero attached hydrogens (tertiary/aromatic N) is 1. The van der Waals surface area contributed by atoms with Gasteiger partial charge in [-0.15, -0.1) is 0 Å². The fraction of sp³-hybridized carbons (Fsp3) is 0.200. The first kappa shape index (κ1) is 13.6. The van der Waals surface area contributed by atoms with E-state index in [-0.39, 0.29) is 17.6 Å². The van der Waals surface area contributed by atoms with E-state index in [1.165, 1.54) is 0 Å². The van der Waals surface area contributed by atoms with Crippen LogP contribution in [-0.4, -0.2) is 16.9 Å². The van der Waals surface area contributed by atoms with Crippen molar-refractivity contribution in [3.05, 3.63) is 58.9 Å². The molecule has 0 N–H and O–H groups in total. The number of ether oxygens (including phenoxy) is 1. The number of rotatable bonds is 4. The smallest absolute Gasteiger partial charge is 0.216 e.